The molecule has 7 heteroatoms. The quantitative estimate of drug-likeness (QED) is 0.761. The molecule has 114 valence electrons. The summed E-state index contributed by atoms with van der Waals surface area (Å²) < 4.78 is 27.6. The number of hydrogen-bond donors (Lipinski definition) is 3. The van der Waals surface area contributed by atoms with Gasteiger partial charge in [0.25, 0.3) is 0 Å². The van der Waals surface area contributed by atoms with Crippen molar-refractivity contribution in [1.29, 1.82) is 0 Å². The molecule has 0 radical (unpaired) electrons. The summed E-state index contributed by atoms with van der Waals surface area (Å²) in [6.45, 7) is 6.62. The molecular weight excluding hydrogens is 288 g/mol. The molecule has 2 rings (SSSR count). The first-order chi connectivity index (χ1) is 9.94. The zero-order valence-corrected chi connectivity index (χ0v) is 13.2. The minimum atomic E-state index is -3.55. The number of aryl methyl sites for hydroxylation is 2. The molecule has 21 heavy (non-hydrogen) atoms. The van der Waals surface area contributed by atoms with Crippen LogP contribution in [-0.2, 0) is 16.6 Å². The lowest BCUT2D eigenvalue weighted by Crippen LogP contribution is -2.24. The summed E-state index contributed by atoms with van der Waals surface area (Å²) in [6, 6.07) is 3.70. The second-order valence-corrected chi connectivity index (χ2v) is 6.60. The van der Waals surface area contributed by atoms with Gasteiger partial charge in [-0.3, -0.25) is 5.10 Å². The van der Waals surface area contributed by atoms with Gasteiger partial charge in [0.2, 0.25) is 10.0 Å². The fourth-order valence-electron chi connectivity index (χ4n) is 2.31. The number of hydrogen-bond acceptors (Lipinski definition) is 4. The summed E-state index contributed by atoms with van der Waals surface area (Å²) in [5, 5.41) is 9.65. The van der Waals surface area contributed by atoms with E-state index in [0.29, 0.717) is 4.90 Å². The Kier molecular flexibility index (Phi) is 4.64. The monoisotopic (exact) mass is 308 g/mol. The molecule has 0 aliphatic rings. The Labute approximate surface area is 125 Å². The first-order valence-electron chi connectivity index (χ1n) is 6.76. The minimum Gasteiger partial charge on any atom is -0.385 e. The van der Waals surface area contributed by atoms with Crippen LogP contribution in [0.5, 0.6) is 0 Å². The lowest BCUT2D eigenvalue weighted by atomic mass is 10.1. The normalized spacial score (nSPS) is 11.6. The van der Waals surface area contributed by atoms with E-state index in [9.17, 15) is 8.42 Å². The van der Waals surface area contributed by atoms with Crippen molar-refractivity contribution in [3.05, 3.63) is 41.2 Å². The molecule has 6 nitrogen and oxygen atoms in total. The first-order valence-corrected chi connectivity index (χ1v) is 8.25. The predicted molar refractivity (Wildman–Crippen MR) is 82.7 cm³/mol. The van der Waals surface area contributed by atoms with Crippen molar-refractivity contribution in [2.24, 2.45) is 0 Å². The Bertz CT molecular complexity index is 686. The topological polar surface area (TPSA) is 86.9 Å². The maximum atomic E-state index is 12.5. The molecule has 0 saturated carbocycles. The van der Waals surface area contributed by atoms with Crippen LogP contribution in [0.25, 0.3) is 0 Å². The van der Waals surface area contributed by atoms with Crippen LogP contribution >= 0.6 is 0 Å². The third-order valence-electron chi connectivity index (χ3n) is 3.13. The number of anilines is 1. The van der Waals surface area contributed by atoms with Gasteiger partial charge in [0.15, 0.2) is 0 Å². The van der Waals surface area contributed by atoms with Crippen molar-refractivity contribution in [2.45, 2.75) is 32.2 Å². The lowest BCUT2D eigenvalue weighted by molar-refractivity contribution is 0.580. The molecule has 0 unspecified atom stereocenters. The lowest BCUT2D eigenvalue weighted by Gasteiger charge is -2.14. The molecule has 1 aromatic carbocycles. The zero-order valence-electron chi connectivity index (χ0n) is 12.4. The number of nitrogens with one attached hydrogen (secondary N) is 3. The first kappa shape index (κ1) is 15.5. The van der Waals surface area contributed by atoms with Gasteiger partial charge < -0.3 is 5.32 Å². The highest BCUT2D eigenvalue weighted by atomic mass is 32.2. The van der Waals surface area contributed by atoms with Crippen LogP contribution in [-0.4, -0.2) is 25.2 Å². The molecule has 0 bridgehead atoms. The Morgan fingerprint density at radius 1 is 1.24 bits per heavy atom. The summed E-state index contributed by atoms with van der Waals surface area (Å²) in [4.78, 5) is 0.340. The van der Waals surface area contributed by atoms with E-state index < -0.39 is 10.0 Å². The highest BCUT2D eigenvalue weighted by molar-refractivity contribution is 7.89. The Balaban J connectivity index is 2.27. The fraction of sp³-hybridized carbons (Fsp3) is 0.357. The summed E-state index contributed by atoms with van der Waals surface area (Å²) in [7, 11) is -3.55. The Morgan fingerprint density at radius 3 is 2.43 bits per heavy atom. The van der Waals surface area contributed by atoms with Crippen LogP contribution < -0.4 is 10.0 Å². The number of nitrogens with zero attached hydrogens (tertiary/aromatic N) is 1. The van der Waals surface area contributed by atoms with Gasteiger partial charge in [-0.1, -0.05) is 0 Å². The average molecular weight is 308 g/mol. The van der Waals surface area contributed by atoms with Crippen molar-refractivity contribution < 1.29 is 8.42 Å². The number of aromatic amines is 1. The third-order valence-corrected chi connectivity index (χ3v) is 4.84. The van der Waals surface area contributed by atoms with E-state index in [1.165, 1.54) is 0 Å². The van der Waals surface area contributed by atoms with E-state index in [4.69, 9.17) is 0 Å². The van der Waals surface area contributed by atoms with Crippen LogP contribution in [0.2, 0.25) is 0 Å². The van der Waals surface area contributed by atoms with Crippen molar-refractivity contribution in [3.63, 3.8) is 0 Å². The SMILES string of the molecule is CCNc1cc(C)c(S(=O)(=O)NCc2cn[nH]c2)c(C)c1. The molecule has 1 heterocycles. The van der Waals surface area contributed by atoms with Crippen molar-refractivity contribution in [1.82, 2.24) is 14.9 Å². The second kappa shape index (κ2) is 6.28. The molecule has 0 aliphatic heterocycles. The summed E-state index contributed by atoms with van der Waals surface area (Å²) >= 11 is 0. The standard InChI is InChI=1S/C14H20N4O2S/c1-4-15-13-5-10(2)14(11(3)6-13)21(19,20)18-9-12-7-16-17-8-12/h5-8,15,18H,4,9H2,1-3H3,(H,16,17). The number of H-pyrrole nitrogens is 1. The van der Waals surface area contributed by atoms with Gasteiger partial charge in [-0.05, 0) is 44.0 Å². The Morgan fingerprint density at radius 2 is 1.90 bits per heavy atom. The van der Waals surface area contributed by atoms with Crippen LogP contribution in [0.4, 0.5) is 5.69 Å². The van der Waals surface area contributed by atoms with E-state index in [0.717, 1.165) is 28.9 Å². The minimum absolute atomic E-state index is 0.215. The van der Waals surface area contributed by atoms with Gasteiger partial charge in [0.1, 0.15) is 0 Å². The molecule has 3 N–H and O–H groups in total. The molecule has 0 atom stereocenters. The van der Waals surface area contributed by atoms with Crippen molar-refractivity contribution in [3.8, 4) is 0 Å². The zero-order chi connectivity index (χ0) is 15.5. The molecule has 1 aromatic heterocycles. The van der Waals surface area contributed by atoms with Gasteiger partial charge in [0, 0.05) is 30.5 Å². The molecular formula is C14H20N4O2S. The molecule has 0 saturated heterocycles. The molecule has 0 fully saturated rings. The van der Waals surface area contributed by atoms with Crippen LogP contribution in [0.1, 0.15) is 23.6 Å². The second-order valence-electron chi connectivity index (χ2n) is 4.90. The average Bonchev–Trinajstić information content (AvgIpc) is 2.88. The highest BCUT2D eigenvalue weighted by Gasteiger charge is 2.20. The number of benzene rings is 1. The Hall–Kier alpha value is -1.86. The van der Waals surface area contributed by atoms with E-state index in [2.05, 4.69) is 20.2 Å². The third kappa shape index (κ3) is 3.62. The van der Waals surface area contributed by atoms with Gasteiger partial charge in [0.05, 0.1) is 11.1 Å². The van der Waals surface area contributed by atoms with Gasteiger partial charge in [-0.2, -0.15) is 5.10 Å². The molecule has 0 spiro atoms. The highest BCUT2D eigenvalue weighted by Crippen LogP contribution is 2.24. The van der Waals surface area contributed by atoms with Gasteiger partial charge in [-0.15, -0.1) is 0 Å². The van der Waals surface area contributed by atoms with Crippen molar-refractivity contribution in [2.75, 3.05) is 11.9 Å². The summed E-state index contributed by atoms with van der Waals surface area (Å²) in [5.74, 6) is 0. The predicted octanol–water partition coefficient (Wildman–Crippen LogP) is 1.94. The maximum absolute atomic E-state index is 12.5. The largest absolute Gasteiger partial charge is 0.385 e. The van der Waals surface area contributed by atoms with Crippen LogP contribution in [0.15, 0.2) is 29.4 Å². The number of sulfonamides is 1. The van der Waals surface area contributed by atoms with Gasteiger partial charge in [-0.25, -0.2) is 13.1 Å². The van der Waals surface area contributed by atoms with Crippen LogP contribution in [0, 0.1) is 13.8 Å². The summed E-state index contributed by atoms with van der Waals surface area (Å²) in [5.41, 5.74) is 3.18. The molecule has 0 aliphatic carbocycles. The number of rotatable bonds is 6. The van der Waals surface area contributed by atoms with Gasteiger partial charge >= 0.3 is 0 Å². The molecule has 2 aromatic rings. The van der Waals surface area contributed by atoms with Crippen LogP contribution in [0.3, 0.4) is 0 Å². The fourth-order valence-corrected chi connectivity index (χ4v) is 3.77. The van der Waals surface area contributed by atoms with E-state index >= 15 is 0 Å². The van der Waals surface area contributed by atoms with E-state index in [1.54, 1.807) is 26.2 Å². The van der Waals surface area contributed by atoms with E-state index in [1.807, 2.05) is 19.1 Å². The molecule has 0 amide bonds. The van der Waals surface area contributed by atoms with Crippen molar-refractivity contribution >= 4 is 15.7 Å². The number of aromatic nitrogens is 2. The smallest absolute Gasteiger partial charge is 0.241 e. The maximum Gasteiger partial charge on any atom is 0.241 e. The summed E-state index contributed by atoms with van der Waals surface area (Å²) in [6.07, 6.45) is 3.26. The van der Waals surface area contributed by atoms with E-state index in [-0.39, 0.29) is 6.54 Å².